The second kappa shape index (κ2) is 10.0. The van der Waals surface area contributed by atoms with E-state index in [1.165, 1.54) is 18.6 Å². The van der Waals surface area contributed by atoms with Gasteiger partial charge in [0.1, 0.15) is 5.75 Å². The largest absolute Gasteiger partial charge is 0.493 e. The molecule has 0 aliphatic carbocycles. The van der Waals surface area contributed by atoms with E-state index >= 15 is 0 Å². The summed E-state index contributed by atoms with van der Waals surface area (Å²) in [7, 11) is 0. The third-order valence-corrected chi connectivity index (χ3v) is 6.35. The topological polar surface area (TPSA) is 30.9 Å². The van der Waals surface area contributed by atoms with Gasteiger partial charge >= 0.3 is 6.18 Å². The minimum absolute atomic E-state index is 0.0220. The second-order valence-electron chi connectivity index (χ2n) is 8.61. The maximum Gasteiger partial charge on any atom is 0.416 e. The van der Waals surface area contributed by atoms with Crippen LogP contribution < -0.4 is 14.2 Å². The predicted molar refractivity (Wildman–Crippen MR) is 116 cm³/mol. The summed E-state index contributed by atoms with van der Waals surface area (Å²) in [6, 6.07) is 11.3. The third kappa shape index (κ3) is 5.49. The zero-order valence-electron chi connectivity index (χ0n) is 18.4. The Kier molecular flexibility index (Phi) is 7.13. The lowest BCUT2D eigenvalue weighted by atomic mass is 9.80. The zero-order chi connectivity index (χ0) is 22.6. The summed E-state index contributed by atoms with van der Waals surface area (Å²) in [5.74, 6) is 2.15. The molecule has 4 nitrogen and oxygen atoms in total. The summed E-state index contributed by atoms with van der Waals surface area (Å²) in [6.45, 7) is 5.54. The number of alkyl halides is 3. The summed E-state index contributed by atoms with van der Waals surface area (Å²) in [6.07, 6.45) is -0.0261. The van der Waals surface area contributed by atoms with Gasteiger partial charge in [-0.1, -0.05) is 38.0 Å². The maximum atomic E-state index is 13.3. The molecule has 7 heteroatoms. The Balaban J connectivity index is 1.49. The highest BCUT2D eigenvalue weighted by Crippen LogP contribution is 2.38. The Morgan fingerprint density at radius 2 is 1.91 bits per heavy atom. The van der Waals surface area contributed by atoms with E-state index in [9.17, 15) is 13.2 Å². The highest BCUT2D eigenvalue weighted by molar-refractivity contribution is 5.46. The zero-order valence-corrected chi connectivity index (χ0v) is 18.4. The van der Waals surface area contributed by atoms with Gasteiger partial charge in [0.25, 0.3) is 0 Å². The molecule has 1 fully saturated rings. The quantitative estimate of drug-likeness (QED) is 0.455. The van der Waals surface area contributed by atoms with Crippen LogP contribution in [0.1, 0.15) is 49.7 Å². The number of piperidine rings is 1. The lowest BCUT2D eigenvalue weighted by Crippen LogP contribution is -2.42. The molecule has 1 saturated heterocycles. The van der Waals surface area contributed by atoms with Crippen molar-refractivity contribution >= 4 is 0 Å². The maximum absolute atomic E-state index is 13.3. The molecule has 32 heavy (non-hydrogen) atoms. The van der Waals surface area contributed by atoms with Gasteiger partial charge in [0.15, 0.2) is 11.5 Å². The first kappa shape index (κ1) is 22.8. The number of nitrogens with zero attached hydrogens (tertiary/aromatic N) is 1. The van der Waals surface area contributed by atoms with Gasteiger partial charge in [-0.2, -0.15) is 13.2 Å². The van der Waals surface area contributed by atoms with Gasteiger partial charge in [0.2, 0.25) is 6.79 Å². The van der Waals surface area contributed by atoms with Crippen molar-refractivity contribution < 1.29 is 27.4 Å². The van der Waals surface area contributed by atoms with E-state index in [1.807, 2.05) is 24.3 Å². The molecule has 0 saturated carbocycles. The molecule has 0 aromatic heterocycles. The number of likely N-dealkylation sites (tertiary alicyclic amines) is 1. The number of halogens is 3. The number of rotatable bonds is 8. The SMILES string of the molecule is CCCCCN1CC[C@@H](c2cccc(C(F)(F)F)c2)[C@H](COc2ccc3c(c2)OCO3)C1. The van der Waals surface area contributed by atoms with E-state index in [4.69, 9.17) is 14.2 Å². The lowest BCUT2D eigenvalue weighted by molar-refractivity contribution is -0.137. The van der Waals surface area contributed by atoms with Crippen molar-refractivity contribution in [2.24, 2.45) is 5.92 Å². The Morgan fingerprint density at radius 1 is 1.06 bits per heavy atom. The molecular formula is C25H30F3NO3. The summed E-state index contributed by atoms with van der Waals surface area (Å²) in [5, 5.41) is 0. The van der Waals surface area contributed by atoms with Crippen molar-refractivity contribution in [1.29, 1.82) is 0 Å². The van der Waals surface area contributed by atoms with Crippen LogP contribution in [0.3, 0.4) is 0 Å². The first-order valence-electron chi connectivity index (χ1n) is 11.4. The van der Waals surface area contributed by atoms with Gasteiger partial charge in [0, 0.05) is 18.5 Å². The summed E-state index contributed by atoms with van der Waals surface area (Å²) in [5.41, 5.74) is 0.156. The molecule has 0 unspecified atom stereocenters. The van der Waals surface area contributed by atoms with Gasteiger partial charge in [-0.05, 0) is 55.6 Å². The van der Waals surface area contributed by atoms with Gasteiger partial charge in [-0.3, -0.25) is 0 Å². The third-order valence-electron chi connectivity index (χ3n) is 6.35. The molecule has 0 amide bonds. The van der Waals surface area contributed by atoms with Crippen molar-refractivity contribution in [2.75, 3.05) is 33.0 Å². The molecule has 0 N–H and O–H groups in total. The van der Waals surface area contributed by atoms with E-state index in [2.05, 4.69) is 11.8 Å². The van der Waals surface area contributed by atoms with Crippen LogP contribution in [-0.2, 0) is 6.18 Å². The van der Waals surface area contributed by atoms with E-state index in [-0.39, 0.29) is 18.6 Å². The summed E-state index contributed by atoms with van der Waals surface area (Å²) < 4.78 is 56.7. The average molecular weight is 450 g/mol. The fourth-order valence-electron chi connectivity index (χ4n) is 4.62. The Morgan fingerprint density at radius 3 is 2.72 bits per heavy atom. The van der Waals surface area contributed by atoms with Crippen molar-refractivity contribution in [3.8, 4) is 17.2 Å². The standard InChI is InChI=1S/C25H30F3NO3/c1-2-3-4-11-29-12-10-22(18-6-5-7-20(13-18)25(26,27)28)19(15-29)16-30-21-8-9-23-24(14-21)32-17-31-23/h5-9,13-14,19,22H,2-4,10-12,15-17H2,1H3/t19-,22-/m0/s1. The Hall–Kier alpha value is -2.41. The highest BCUT2D eigenvalue weighted by Gasteiger charge is 2.34. The van der Waals surface area contributed by atoms with E-state index < -0.39 is 11.7 Å². The molecular weight excluding hydrogens is 419 g/mol. The van der Waals surface area contributed by atoms with E-state index in [0.29, 0.717) is 23.9 Å². The molecule has 0 radical (unpaired) electrons. The number of benzene rings is 2. The summed E-state index contributed by atoms with van der Waals surface area (Å²) in [4.78, 5) is 2.42. The van der Waals surface area contributed by atoms with Crippen LogP contribution in [0.15, 0.2) is 42.5 Å². The van der Waals surface area contributed by atoms with Crippen molar-refractivity contribution in [2.45, 2.75) is 44.7 Å². The Bertz CT molecular complexity index is 902. The summed E-state index contributed by atoms with van der Waals surface area (Å²) >= 11 is 0. The number of unbranched alkanes of at least 4 members (excludes halogenated alkanes) is 2. The van der Waals surface area contributed by atoms with Gasteiger partial charge in [-0.15, -0.1) is 0 Å². The molecule has 0 spiro atoms. The van der Waals surface area contributed by atoms with Crippen LogP contribution in [0.4, 0.5) is 13.2 Å². The van der Waals surface area contributed by atoms with Crippen molar-refractivity contribution in [3.63, 3.8) is 0 Å². The number of fused-ring (bicyclic) bond motifs is 1. The fourth-order valence-corrected chi connectivity index (χ4v) is 4.62. The molecule has 4 rings (SSSR count). The monoisotopic (exact) mass is 449 g/mol. The predicted octanol–water partition coefficient (Wildman–Crippen LogP) is 6.11. The van der Waals surface area contributed by atoms with Gasteiger partial charge < -0.3 is 19.1 Å². The van der Waals surface area contributed by atoms with Crippen LogP contribution in [0.2, 0.25) is 0 Å². The highest BCUT2D eigenvalue weighted by atomic mass is 19.4. The smallest absolute Gasteiger partial charge is 0.416 e. The molecule has 2 aliphatic rings. The molecule has 0 bridgehead atoms. The van der Waals surface area contributed by atoms with Gasteiger partial charge in [0.05, 0.1) is 12.2 Å². The van der Waals surface area contributed by atoms with Crippen LogP contribution in [0.25, 0.3) is 0 Å². The number of hydrogen-bond acceptors (Lipinski definition) is 4. The van der Waals surface area contributed by atoms with Crippen LogP contribution >= 0.6 is 0 Å². The van der Waals surface area contributed by atoms with Crippen molar-refractivity contribution in [3.05, 3.63) is 53.6 Å². The average Bonchev–Trinajstić information content (AvgIpc) is 3.25. The van der Waals surface area contributed by atoms with Crippen LogP contribution in [-0.4, -0.2) is 37.9 Å². The molecule has 2 aromatic rings. The normalized spacial score (nSPS) is 21.0. The minimum atomic E-state index is -4.34. The van der Waals surface area contributed by atoms with Crippen molar-refractivity contribution in [1.82, 2.24) is 4.90 Å². The minimum Gasteiger partial charge on any atom is -0.493 e. The molecule has 2 aromatic carbocycles. The fraction of sp³-hybridized carbons (Fsp3) is 0.520. The molecule has 2 heterocycles. The molecule has 2 aliphatic heterocycles. The molecule has 2 atom stereocenters. The second-order valence-corrected chi connectivity index (χ2v) is 8.61. The van der Waals surface area contributed by atoms with Crippen LogP contribution in [0.5, 0.6) is 17.2 Å². The molecule has 174 valence electrons. The van der Waals surface area contributed by atoms with E-state index in [1.54, 1.807) is 0 Å². The van der Waals surface area contributed by atoms with Gasteiger partial charge in [-0.25, -0.2) is 0 Å². The Labute approximate surface area is 187 Å². The lowest BCUT2D eigenvalue weighted by Gasteiger charge is -2.39. The first-order valence-corrected chi connectivity index (χ1v) is 11.4. The number of ether oxygens (including phenoxy) is 3. The van der Waals surface area contributed by atoms with E-state index in [0.717, 1.165) is 50.5 Å². The number of hydrogen-bond donors (Lipinski definition) is 0. The first-order chi connectivity index (χ1) is 15.4. The van der Waals surface area contributed by atoms with Crippen LogP contribution in [0, 0.1) is 5.92 Å².